The lowest BCUT2D eigenvalue weighted by atomic mass is 10.1. The molecule has 0 spiro atoms. The van der Waals surface area contributed by atoms with Crippen molar-refractivity contribution >= 4 is 25.1 Å². The summed E-state index contributed by atoms with van der Waals surface area (Å²) in [5.41, 5.74) is 4.47. The van der Waals surface area contributed by atoms with Gasteiger partial charge in [0, 0.05) is 45.2 Å². The first-order chi connectivity index (χ1) is 16.6. The third-order valence-electron chi connectivity index (χ3n) is 6.08. The molecule has 0 unspecified atom stereocenters. The summed E-state index contributed by atoms with van der Waals surface area (Å²) in [6, 6.07) is 7.93. The zero-order chi connectivity index (χ0) is 25.3. The Morgan fingerprint density at radius 1 is 1.11 bits per heavy atom. The second kappa shape index (κ2) is 9.67. The Kier molecular flexibility index (Phi) is 6.82. The monoisotopic (exact) mass is 492 g/mol. The largest absolute Gasteiger partial charge is 0.478 e. The number of fused-ring (bicyclic) bond motifs is 1. The number of benzene rings is 1. The van der Waals surface area contributed by atoms with Crippen LogP contribution in [0.5, 0.6) is 11.5 Å². The van der Waals surface area contributed by atoms with Crippen molar-refractivity contribution in [2.45, 2.75) is 46.3 Å². The molecule has 0 radical (unpaired) electrons. The van der Waals surface area contributed by atoms with Gasteiger partial charge in [-0.2, -0.15) is 5.10 Å². The van der Waals surface area contributed by atoms with E-state index in [1.165, 1.54) is 0 Å². The van der Waals surface area contributed by atoms with E-state index in [0.717, 1.165) is 33.9 Å². The summed E-state index contributed by atoms with van der Waals surface area (Å²) in [5.74, 6) is 0.132. The molecule has 1 aromatic carbocycles. The van der Waals surface area contributed by atoms with Crippen LogP contribution in [-0.4, -0.2) is 45.1 Å². The topological polar surface area (TPSA) is 91.4 Å². The van der Waals surface area contributed by atoms with Crippen LogP contribution in [0, 0.1) is 13.8 Å². The first-order valence-corrected chi connectivity index (χ1v) is 15.3. The Bertz CT molecular complexity index is 1380. The molecule has 0 fully saturated rings. The standard InChI is InChI=1S/C26H32N4O4Si/c1-17-20(26(31)32)8-7-9-21(17)34-22-10-11-27-25-23(22)18(2)24(19-14-28-29(3)15-19)30(25)16-33-12-13-35(4,5)6/h7-11,14-15H,12-13,16H2,1-6H3,(H,31,32). The Morgan fingerprint density at radius 3 is 2.54 bits per heavy atom. The Morgan fingerprint density at radius 2 is 1.89 bits per heavy atom. The molecule has 0 amide bonds. The Labute approximate surface area is 206 Å². The predicted octanol–water partition coefficient (Wildman–Crippen LogP) is 5.86. The lowest BCUT2D eigenvalue weighted by Crippen LogP contribution is -2.22. The van der Waals surface area contributed by atoms with Gasteiger partial charge in [-0.05, 0) is 43.7 Å². The molecule has 0 bridgehead atoms. The SMILES string of the molecule is Cc1c(Oc2ccnc3c2c(C)c(-c2cnn(C)c2)n3COCC[Si](C)(C)C)cccc1C(=O)O. The molecule has 0 saturated heterocycles. The zero-order valence-electron chi connectivity index (χ0n) is 21.1. The lowest BCUT2D eigenvalue weighted by molar-refractivity contribution is 0.0695. The first-order valence-electron chi connectivity index (χ1n) is 11.6. The number of carbonyl (C=O) groups is 1. The third kappa shape index (κ3) is 5.15. The van der Waals surface area contributed by atoms with Gasteiger partial charge in [0.25, 0.3) is 0 Å². The maximum Gasteiger partial charge on any atom is 0.336 e. The molecule has 8 nitrogen and oxygen atoms in total. The van der Waals surface area contributed by atoms with Gasteiger partial charge in [0.1, 0.15) is 23.9 Å². The molecule has 0 saturated carbocycles. The van der Waals surface area contributed by atoms with Crippen LogP contribution in [0.4, 0.5) is 0 Å². The smallest absolute Gasteiger partial charge is 0.336 e. The van der Waals surface area contributed by atoms with Gasteiger partial charge < -0.3 is 19.1 Å². The van der Waals surface area contributed by atoms with Crippen LogP contribution in [0.25, 0.3) is 22.3 Å². The molecule has 184 valence electrons. The van der Waals surface area contributed by atoms with Crippen molar-refractivity contribution in [3.8, 4) is 22.8 Å². The van der Waals surface area contributed by atoms with Gasteiger partial charge in [-0.15, -0.1) is 0 Å². The summed E-state index contributed by atoms with van der Waals surface area (Å²) in [7, 11) is 0.677. The van der Waals surface area contributed by atoms with Gasteiger partial charge in [0.2, 0.25) is 0 Å². The van der Waals surface area contributed by atoms with Crippen molar-refractivity contribution < 1.29 is 19.4 Å². The van der Waals surface area contributed by atoms with Gasteiger partial charge >= 0.3 is 5.97 Å². The highest BCUT2D eigenvalue weighted by Crippen LogP contribution is 2.39. The molecule has 9 heteroatoms. The molecule has 4 rings (SSSR count). The van der Waals surface area contributed by atoms with Crippen molar-refractivity contribution in [2.24, 2.45) is 7.05 Å². The van der Waals surface area contributed by atoms with Crippen molar-refractivity contribution in [1.29, 1.82) is 0 Å². The molecule has 0 aliphatic carbocycles. The summed E-state index contributed by atoms with van der Waals surface area (Å²) in [4.78, 5) is 16.3. The van der Waals surface area contributed by atoms with E-state index in [0.29, 0.717) is 30.4 Å². The maximum atomic E-state index is 11.6. The lowest BCUT2D eigenvalue weighted by Gasteiger charge is -2.16. The minimum atomic E-state index is -1.21. The highest BCUT2D eigenvalue weighted by Gasteiger charge is 2.22. The number of carboxylic acid groups (broad SMARTS) is 1. The number of hydrogen-bond donors (Lipinski definition) is 1. The highest BCUT2D eigenvalue weighted by molar-refractivity contribution is 6.76. The molecular formula is C26H32N4O4Si. The number of nitrogens with zero attached hydrogens (tertiary/aromatic N) is 4. The Balaban J connectivity index is 1.80. The number of rotatable bonds is 9. The first kappa shape index (κ1) is 24.7. The number of aromatic nitrogens is 4. The van der Waals surface area contributed by atoms with E-state index in [-0.39, 0.29) is 5.56 Å². The maximum absolute atomic E-state index is 11.6. The van der Waals surface area contributed by atoms with Gasteiger partial charge in [0.05, 0.1) is 22.8 Å². The highest BCUT2D eigenvalue weighted by atomic mass is 28.3. The van der Waals surface area contributed by atoms with Crippen LogP contribution in [0.2, 0.25) is 25.7 Å². The second-order valence-electron chi connectivity index (χ2n) is 10.00. The fraction of sp³-hybridized carbons (Fsp3) is 0.346. The summed E-state index contributed by atoms with van der Waals surface area (Å²) >= 11 is 0. The molecule has 3 heterocycles. The van der Waals surface area contributed by atoms with Gasteiger partial charge in [-0.3, -0.25) is 4.68 Å². The quantitative estimate of drug-likeness (QED) is 0.233. The molecule has 3 aromatic heterocycles. The van der Waals surface area contributed by atoms with Crippen molar-refractivity contribution in [3.63, 3.8) is 0 Å². The fourth-order valence-electron chi connectivity index (χ4n) is 4.15. The molecule has 0 atom stereocenters. The summed E-state index contributed by atoms with van der Waals surface area (Å²) in [5, 5.41) is 14.7. The molecule has 4 aromatic rings. The number of pyridine rings is 1. The minimum absolute atomic E-state index is 0.217. The minimum Gasteiger partial charge on any atom is -0.478 e. The van der Waals surface area contributed by atoms with Crippen molar-refractivity contribution in [1.82, 2.24) is 19.3 Å². The summed E-state index contributed by atoms with van der Waals surface area (Å²) in [6.45, 7) is 11.8. The van der Waals surface area contributed by atoms with Crippen LogP contribution < -0.4 is 4.74 Å². The number of aryl methyl sites for hydroxylation is 2. The van der Waals surface area contributed by atoms with Crippen LogP contribution in [0.3, 0.4) is 0 Å². The average Bonchev–Trinajstić information content (AvgIpc) is 3.33. The molecular weight excluding hydrogens is 460 g/mol. The predicted molar refractivity (Wildman–Crippen MR) is 139 cm³/mol. The van der Waals surface area contributed by atoms with E-state index in [1.54, 1.807) is 36.0 Å². The number of hydrogen-bond acceptors (Lipinski definition) is 5. The number of carboxylic acids is 1. The summed E-state index contributed by atoms with van der Waals surface area (Å²) < 4.78 is 16.3. The van der Waals surface area contributed by atoms with Gasteiger partial charge in [-0.1, -0.05) is 25.7 Å². The average molecular weight is 493 g/mol. The van der Waals surface area contributed by atoms with Gasteiger partial charge in [0.15, 0.2) is 0 Å². The van der Waals surface area contributed by atoms with E-state index in [1.807, 2.05) is 32.4 Å². The molecule has 0 aliphatic heterocycles. The van der Waals surface area contributed by atoms with Crippen molar-refractivity contribution in [3.05, 3.63) is 59.5 Å². The molecule has 0 aliphatic rings. The molecule has 1 N–H and O–H groups in total. The van der Waals surface area contributed by atoms with Gasteiger partial charge in [-0.25, -0.2) is 9.78 Å². The van der Waals surface area contributed by atoms with Crippen LogP contribution in [-0.2, 0) is 18.5 Å². The molecule has 35 heavy (non-hydrogen) atoms. The van der Waals surface area contributed by atoms with E-state index < -0.39 is 14.0 Å². The van der Waals surface area contributed by atoms with E-state index >= 15 is 0 Å². The van der Waals surface area contributed by atoms with E-state index in [2.05, 4.69) is 34.3 Å². The fourth-order valence-corrected chi connectivity index (χ4v) is 4.91. The third-order valence-corrected chi connectivity index (χ3v) is 7.78. The van der Waals surface area contributed by atoms with E-state index in [4.69, 9.17) is 9.47 Å². The number of ether oxygens (including phenoxy) is 2. The van der Waals surface area contributed by atoms with E-state index in [9.17, 15) is 9.90 Å². The van der Waals surface area contributed by atoms with Crippen LogP contribution in [0.15, 0.2) is 42.9 Å². The zero-order valence-corrected chi connectivity index (χ0v) is 22.1. The van der Waals surface area contributed by atoms with Crippen molar-refractivity contribution in [2.75, 3.05) is 6.61 Å². The number of aromatic carboxylic acids is 1. The second-order valence-corrected chi connectivity index (χ2v) is 15.6. The summed E-state index contributed by atoms with van der Waals surface area (Å²) in [6.07, 6.45) is 5.51. The normalized spacial score (nSPS) is 11.8. The Hall–Kier alpha value is -3.43. The van der Waals surface area contributed by atoms with Crippen LogP contribution in [0.1, 0.15) is 21.5 Å². The van der Waals surface area contributed by atoms with Crippen LogP contribution >= 0.6 is 0 Å².